The molecular weight excluding hydrogens is 234 g/mol. The fraction of sp³-hybridized carbons (Fsp3) is 0.588. The maximum absolute atomic E-state index is 12.8. The number of amides is 1. The summed E-state index contributed by atoms with van der Waals surface area (Å²) in [7, 11) is 0. The Morgan fingerprint density at radius 3 is 2.32 bits per heavy atom. The largest absolute Gasteiger partial charge is 0.342 e. The lowest BCUT2D eigenvalue weighted by molar-refractivity contribution is -0.134. The Hall–Kier alpha value is -1.31. The molecule has 0 radical (unpaired) electrons. The first-order valence-electron chi connectivity index (χ1n) is 7.59. The zero-order chi connectivity index (χ0) is 13.2. The van der Waals surface area contributed by atoms with Crippen LogP contribution in [0.2, 0.25) is 0 Å². The van der Waals surface area contributed by atoms with Crippen molar-refractivity contribution in [3.05, 3.63) is 35.9 Å². The van der Waals surface area contributed by atoms with Crippen molar-refractivity contribution in [3.8, 4) is 0 Å². The highest BCUT2D eigenvalue weighted by molar-refractivity contribution is 5.84. The van der Waals surface area contributed by atoms with Gasteiger partial charge in [-0.25, -0.2) is 0 Å². The van der Waals surface area contributed by atoms with Gasteiger partial charge in [-0.15, -0.1) is 0 Å². The molecule has 1 amide bonds. The lowest BCUT2D eigenvalue weighted by Gasteiger charge is -2.33. The fourth-order valence-corrected chi connectivity index (χ4v) is 3.13. The zero-order valence-electron chi connectivity index (χ0n) is 11.7. The molecule has 2 heteroatoms. The van der Waals surface area contributed by atoms with Crippen molar-refractivity contribution < 1.29 is 4.79 Å². The molecule has 19 heavy (non-hydrogen) atoms. The third-order valence-corrected chi connectivity index (χ3v) is 4.61. The zero-order valence-corrected chi connectivity index (χ0v) is 11.7. The molecule has 1 unspecified atom stereocenters. The highest BCUT2D eigenvalue weighted by atomic mass is 16.2. The van der Waals surface area contributed by atoms with Crippen molar-refractivity contribution in [2.24, 2.45) is 11.8 Å². The van der Waals surface area contributed by atoms with E-state index in [1.54, 1.807) is 0 Å². The van der Waals surface area contributed by atoms with Crippen LogP contribution in [0.4, 0.5) is 0 Å². The molecule has 1 saturated carbocycles. The SMILES string of the molecule is CC1CCN(C(=O)C(c2ccccc2)C2CC2)CC1. The van der Waals surface area contributed by atoms with Gasteiger partial charge in [0.05, 0.1) is 5.92 Å². The van der Waals surface area contributed by atoms with E-state index in [0.717, 1.165) is 31.8 Å². The van der Waals surface area contributed by atoms with Crippen LogP contribution >= 0.6 is 0 Å². The van der Waals surface area contributed by atoms with Crippen molar-refractivity contribution >= 4 is 5.91 Å². The molecule has 1 atom stereocenters. The number of hydrogen-bond acceptors (Lipinski definition) is 1. The second-order valence-corrected chi connectivity index (χ2v) is 6.23. The Balaban J connectivity index is 1.75. The van der Waals surface area contributed by atoms with Gasteiger partial charge in [0.2, 0.25) is 5.91 Å². The van der Waals surface area contributed by atoms with E-state index >= 15 is 0 Å². The van der Waals surface area contributed by atoms with Crippen LogP contribution < -0.4 is 0 Å². The van der Waals surface area contributed by atoms with Gasteiger partial charge in [0.15, 0.2) is 0 Å². The first kappa shape index (κ1) is 12.7. The van der Waals surface area contributed by atoms with E-state index in [2.05, 4.69) is 36.1 Å². The first-order valence-corrected chi connectivity index (χ1v) is 7.59. The number of carbonyl (C=O) groups excluding carboxylic acids is 1. The van der Waals surface area contributed by atoms with Gasteiger partial charge in [0, 0.05) is 13.1 Å². The average Bonchev–Trinajstić information content (AvgIpc) is 3.25. The van der Waals surface area contributed by atoms with E-state index in [1.807, 2.05) is 6.07 Å². The van der Waals surface area contributed by atoms with E-state index in [4.69, 9.17) is 0 Å². The number of benzene rings is 1. The standard InChI is InChI=1S/C17H23NO/c1-13-9-11-18(12-10-13)17(19)16(15-7-8-15)14-5-3-2-4-6-14/h2-6,13,15-16H,7-12H2,1H3. The average molecular weight is 257 g/mol. The van der Waals surface area contributed by atoms with Crippen LogP contribution in [0.3, 0.4) is 0 Å². The van der Waals surface area contributed by atoms with Gasteiger partial charge in [-0.05, 0) is 43.1 Å². The monoisotopic (exact) mass is 257 g/mol. The second-order valence-electron chi connectivity index (χ2n) is 6.23. The number of rotatable bonds is 3. The van der Waals surface area contributed by atoms with Gasteiger partial charge in [-0.3, -0.25) is 4.79 Å². The summed E-state index contributed by atoms with van der Waals surface area (Å²) in [5.41, 5.74) is 1.22. The first-order chi connectivity index (χ1) is 9.25. The number of hydrogen-bond donors (Lipinski definition) is 0. The smallest absolute Gasteiger partial charge is 0.230 e. The molecule has 1 aromatic rings. The predicted molar refractivity (Wildman–Crippen MR) is 76.9 cm³/mol. The van der Waals surface area contributed by atoms with Crippen molar-refractivity contribution in [2.45, 2.75) is 38.5 Å². The van der Waals surface area contributed by atoms with Crippen LogP contribution in [0.1, 0.15) is 44.1 Å². The second kappa shape index (κ2) is 5.36. The van der Waals surface area contributed by atoms with Gasteiger partial charge in [0.1, 0.15) is 0 Å². The molecule has 0 aromatic heterocycles. The summed E-state index contributed by atoms with van der Waals surface area (Å²) in [5, 5.41) is 0. The highest BCUT2D eigenvalue weighted by Crippen LogP contribution is 2.43. The van der Waals surface area contributed by atoms with Crippen molar-refractivity contribution in [1.82, 2.24) is 4.90 Å². The highest BCUT2D eigenvalue weighted by Gasteiger charge is 2.39. The van der Waals surface area contributed by atoms with Crippen molar-refractivity contribution in [3.63, 3.8) is 0 Å². The van der Waals surface area contributed by atoms with Gasteiger partial charge >= 0.3 is 0 Å². The summed E-state index contributed by atoms with van der Waals surface area (Å²) in [6.07, 6.45) is 4.76. The summed E-state index contributed by atoms with van der Waals surface area (Å²) in [6.45, 7) is 4.20. The molecule has 1 aromatic carbocycles. The molecule has 0 bridgehead atoms. The van der Waals surface area contributed by atoms with Gasteiger partial charge in [-0.2, -0.15) is 0 Å². The summed E-state index contributed by atoms with van der Waals surface area (Å²) in [5.74, 6) is 1.87. The molecule has 2 aliphatic rings. The van der Waals surface area contributed by atoms with Crippen LogP contribution in [0.15, 0.2) is 30.3 Å². The van der Waals surface area contributed by atoms with Crippen LogP contribution in [0, 0.1) is 11.8 Å². The van der Waals surface area contributed by atoms with Crippen LogP contribution in [0.5, 0.6) is 0 Å². The van der Waals surface area contributed by atoms with E-state index in [9.17, 15) is 4.79 Å². The molecule has 2 fully saturated rings. The number of carbonyl (C=O) groups is 1. The molecule has 3 rings (SSSR count). The molecular formula is C17H23NO. The minimum absolute atomic E-state index is 0.120. The maximum Gasteiger partial charge on any atom is 0.230 e. The summed E-state index contributed by atoms with van der Waals surface area (Å²) >= 11 is 0. The summed E-state index contributed by atoms with van der Waals surface area (Å²) < 4.78 is 0. The Morgan fingerprint density at radius 1 is 1.11 bits per heavy atom. The van der Waals surface area contributed by atoms with Crippen molar-refractivity contribution in [2.75, 3.05) is 13.1 Å². The minimum Gasteiger partial charge on any atom is -0.342 e. The number of piperidine rings is 1. The molecule has 1 aliphatic carbocycles. The Morgan fingerprint density at radius 2 is 1.74 bits per heavy atom. The predicted octanol–water partition coefficient (Wildman–Crippen LogP) is 3.44. The molecule has 0 spiro atoms. The van der Waals surface area contributed by atoms with E-state index < -0.39 is 0 Å². The lowest BCUT2D eigenvalue weighted by atomic mass is 9.91. The molecule has 102 valence electrons. The maximum atomic E-state index is 12.8. The van der Waals surface area contributed by atoms with E-state index in [-0.39, 0.29) is 5.92 Å². The summed E-state index contributed by atoms with van der Waals surface area (Å²) in [4.78, 5) is 14.9. The Kier molecular flexibility index (Phi) is 3.58. The third-order valence-electron chi connectivity index (χ3n) is 4.61. The molecule has 2 nitrogen and oxygen atoms in total. The molecule has 1 aliphatic heterocycles. The normalized spacial score (nSPS) is 22.3. The topological polar surface area (TPSA) is 20.3 Å². The Bertz CT molecular complexity index is 430. The fourth-order valence-electron chi connectivity index (χ4n) is 3.13. The van der Waals surface area contributed by atoms with Crippen LogP contribution in [-0.2, 0) is 4.79 Å². The van der Waals surface area contributed by atoms with Gasteiger partial charge in [0.25, 0.3) is 0 Å². The van der Waals surface area contributed by atoms with Gasteiger partial charge in [-0.1, -0.05) is 37.3 Å². The van der Waals surface area contributed by atoms with E-state index in [1.165, 1.54) is 18.4 Å². The third kappa shape index (κ3) is 2.83. The number of likely N-dealkylation sites (tertiary alicyclic amines) is 1. The molecule has 1 heterocycles. The molecule has 1 saturated heterocycles. The molecule has 0 N–H and O–H groups in total. The van der Waals surface area contributed by atoms with Gasteiger partial charge < -0.3 is 4.90 Å². The summed E-state index contributed by atoms with van der Waals surface area (Å²) in [6, 6.07) is 10.4. The Labute approximate surface area is 115 Å². The quantitative estimate of drug-likeness (QED) is 0.812. The minimum atomic E-state index is 0.120. The van der Waals surface area contributed by atoms with E-state index in [0.29, 0.717) is 11.8 Å². The number of nitrogens with zero attached hydrogens (tertiary/aromatic N) is 1. The van der Waals surface area contributed by atoms with Crippen molar-refractivity contribution in [1.29, 1.82) is 0 Å². The van der Waals surface area contributed by atoms with Crippen LogP contribution in [-0.4, -0.2) is 23.9 Å². The lowest BCUT2D eigenvalue weighted by Crippen LogP contribution is -2.41. The van der Waals surface area contributed by atoms with Crippen LogP contribution in [0.25, 0.3) is 0 Å².